The van der Waals surface area contributed by atoms with E-state index in [1.807, 2.05) is 0 Å². The summed E-state index contributed by atoms with van der Waals surface area (Å²) >= 11 is 0. The zero-order chi connectivity index (χ0) is 20.2. The number of piperidine rings is 1. The van der Waals surface area contributed by atoms with Crippen molar-refractivity contribution in [2.45, 2.75) is 50.7 Å². The number of benzene rings is 1. The molecule has 0 amide bonds. The highest BCUT2D eigenvalue weighted by Gasteiger charge is 2.30. The Bertz CT molecular complexity index is 709. The van der Waals surface area contributed by atoms with Crippen LogP contribution in [-0.2, 0) is 9.63 Å². The van der Waals surface area contributed by atoms with Gasteiger partial charge in [0, 0.05) is 31.6 Å². The average Bonchev–Trinajstić information content (AvgIpc) is 3.41. The quantitative estimate of drug-likeness (QED) is 0.503. The number of rotatable bonds is 6. The molecule has 3 heterocycles. The lowest BCUT2D eigenvalue weighted by Gasteiger charge is -2.32. The summed E-state index contributed by atoms with van der Waals surface area (Å²) in [6.45, 7) is 4.79. The minimum Gasteiger partial charge on any atom is -0.481 e. The standard InChI is InChI=1S/C22H32N4O3/c23-22(26-9-1-2-10-26)18-5-3-17(4-6-18)20-14-19(29-24-20)15-25-11-7-16(8-12-25)13-21(27)28/h3-6,16,19-20,23-24H,1-2,7-15H2,(H,27,28). The molecular weight excluding hydrogens is 368 g/mol. The first kappa shape index (κ1) is 20.3. The van der Waals surface area contributed by atoms with E-state index in [4.69, 9.17) is 15.4 Å². The van der Waals surface area contributed by atoms with Crippen LogP contribution < -0.4 is 5.48 Å². The second-order valence-electron chi connectivity index (χ2n) is 8.65. The summed E-state index contributed by atoms with van der Waals surface area (Å²) in [5.41, 5.74) is 5.36. The smallest absolute Gasteiger partial charge is 0.303 e. The number of amidine groups is 1. The van der Waals surface area contributed by atoms with Crippen molar-refractivity contribution in [3.05, 3.63) is 35.4 Å². The van der Waals surface area contributed by atoms with Gasteiger partial charge in [-0.1, -0.05) is 24.3 Å². The van der Waals surface area contributed by atoms with Gasteiger partial charge >= 0.3 is 5.97 Å². The molecule has 2 unspecified atom stereocenters. The molecule has 0 aromatic heterocycles. The molecule has 1 aromatic carbocycles. The number of carbonyl (C=O) groups is 1. The maximum atomic E-state index is 10.9. The zero-order valence-corrected chi connectivity index (χ0v) is 17.0. The van der Waals surface area contributed by atoms with Crippen LogP contribution in [0.3, 0.4) is 0 Å². The third-order valence-corrected chi connectivity index (χ3v) is 6.52. The highest BCUT2D eigenvalue weighted by molar-refractivity contribution is 5.96. The first-order valence-corrected chi connectivity index (χ1v) is 10.9. The van der Waals surface area contributed by atoms with E-state index >= 15 is 0 Å². The number of hydroxylamine groups is 1. The fraction of sp³-hybridized carbons (Fsp3) is 0.636. The number of hydrogen-bond acceptors (Lipinski definition) is 5. The zero-order valence-electron chi connectivity index (χ0n) is 17.0. The van der Waals surface area contributed by atoms with Crippen LogP contribution in [0, 0.1) is 11.3 Å². The van der Waals surface area contributed by atoms with Crippen LogP contribution in [0.1, 0.15) is 55.7 Å². The highest BCUT2D eigenvalue weighted by Crippen LogP contribution is 2.28. The fourth-order valence-corrected chi connectivity index (χ4v) is 4.76. The van der Waals surface area contributed by atoms with Crippen molar-refractivity contribution in [3.8, 4) is 0 Å². The van der Waals surface area contributed by atoms with Gasteiger partial charge in [-0.3, -0.25) is 15.0 Å². The van der Waals surface area contributed by atoms with E-state index in [-0.39, 0.29) is 12.1 Å². The summed E-state index contributed by atoms with van der Waals surface area (Å²) in [5, 5.41) is 17.3. The van der Waals surface area contributed by atoms with E-state index < -0.39 is 5.97 Å². The minimum atomic E-state index is -0.684. The highest BCUT2D eigenvalue weighted by atomic mass is 16.7. The van der Waals surface area contributed by atoms with Gasteiger partial charge < -0.3 is 14.9 Å². The average molecular weight is 401 g/mol. The normalized spacial score (nSPS) is 26.1. The van der Waals surface area contributed by atoms with Crippen LogP contribution in [0.2, 0.25) is 0 Å². The van der Waals surface area contributed by atoms with E-state index in [9.17, 15) is 4.79 Å². The Balaban J connectivity index is 1.24. The summed E-state index contributed by atoms with van der Waals surface area (Å²) in [4.78, 5) is 21.3. The summed E-state index contributed by atoms with van der Waals surface area (Å²) in [6.07, 6.45) is 5.66. The predicted molar refractivity (Wildman–Crippen MR) is 111 cm³/mol. The molecule has 29 heavy (non-hydrogen) atoms. The molecule has 0 bridgehead atoms. The third kappa shape index (κ3) is 5.15. The van der Waals surface area contributed by atoms with Gasteiger partial charge in [0.15, 0.2) is 0 Å². The molecular formula is C22H32N4O3. The number of hydrogen-bond donors (Lipinski definition) is 3. The lowest BCUT2D eigenvalue weighted by molar-refractivity contribution is -0.138. The van der Waals surface area contributed by atoms with Gasteiger partial charge in [-0.2, -0.15) is 5.48 Å². The predicted octanol–water partition coefficient (Wildman–Crippen LogP) is 2.63. The second-order valence-corrected chi connectivity index (χ2v) is 8.65. The molecule has 3 aliphatic rings. The first-order chi connectivity index (χ1) is 14.1. The molecule has 7 heteroatoms. The molecule has 7 nitrogen and oxygen atoms in total. The Hall–Kier alpha value is -1.96. The summed E-state index contributed by atoms with van der Waals surface area (Å²) in [5.74, 6) is 0.266. The fourth-order valence-electron chi connectivity index (χ4n) is 4.76. The molecule has 3 saturated heterocycles. The molecule has 0 aliphatic carbocycles. The lowest BCUT2D eigenvalue weighted by atomic mass is 9.93. The van der Waals surface area contributed by atoms with Crippen molar-refractivity contribution in [1.29, 1.82) is 5.41 Å². The van der Waals surface area contributed by atoms with Gasteiger partial charge in [0.1, 0.15) is 5.84 Å². The molecule has 4 rings (SSSR count). The van der Waals surface area contributed by atoms with Crippen LogP contribution in [0.15, 0.2) is 24.3 Å². The van der Waals surface area contributed by atoms with Gasteiger partial charge in [-0.05, 0) is 56.7 Å². The Labute approximate surface area is 172 Å². The number of likely N-dealkylation sites (tertiary alicyclic amines) is 2. The maximum absolute atomic E-state index is 10.9. The van der Waals surface area contributed by atoms with Crippen molar-refractivity contribution in [3.63, 3.8) is 0 Å². The van der Waals surface area contributed by atoms with Crippen LogP contribution >= 0.6 is 0 Å². The van der Waals surface area contributed by atoms with E-state index in [0.717, 1.165) is 57.5 Å². The van der Waals surface area contributed by atoms with Gasteiger partial charge in [0.05, 0.1) is 12.1 Å². The summed E-state index contributed by atoms with van der Waals surface area (Å²) in [7, 11) is 0. The molecule has 158 valence electrons. The van der Waals surface area contributed by atoms with Crippen molar-refractivity contribution in [2.75, 3.05) is 32.7 Å². The Morgan fingerprint density at radius 3 is 2.48 bits per heavy atom. The number of aliphatic carboxylic acids is 1. The molecule has 3 fully saturated rings. The van der Waals surface area contributed by atoms with Crippen LogP contribution in [0.4, 0.5) is 0 Å². The Kier molecular flexibility index (Phi) is 6.47. The second kappa shape index (κ2) is 9.24. The molecule has 1 aromatic rings. The summed E-state index contributed by atoms with van der Waals surface area (Å²) < 4.78 is 0. The minimum absolute atomic E-state index is 0.151. The van der Waals surface area contributed by atoms with Crippen molar-refractivity contribution in [1.82, 2.24) is 15.3 Å². The van der Waals surface area contributed by atoms with E-state index in [1.54, 1.807) is 0 Å². The van der Waals surface area contributed by atoms with Crippen LogP contribution in [0.5, 0.6) is 0 Å². The molecule has 2 atom stereocenters. The monoisotopic (exact) mass is 400 g/mol. The molecule has 0 spiro atoms. The molecule has 3 aliphatic heterocycles. The van der Waals surface area contributed by atoms with Crippen LogP contribution in [-0.4, -0.2) is 65.5 Å². The maximum Gasteiger partial charge on any atom is 0.303 e. The van der Waals surface area contributed by atoms with E-state index in [2.05, 4.69) is 39.5 Å². The number of nitrogens with zero attached hydrogens (tertiary/aromatic N) is 2. The van der Waals surface area contributed by atoms with Crippen molar-refractivity contribution in [2.24, 2.45) is 5.92 Å². The van der Waals surface area contributed by atoms with Gasteiger partial charge in [-0.15, -0.1) is 0 Å². The largest absolute Gasteiger partial charge is 0.481 e. The van der Waals surface area contributed by atoms with E-state index in [0.29, 0.717) is 18.2 Å². The van der Waals surface area contributed by atoms with Gasteiger partial charge in [0.2, 0.25) is 0 Å². The third-order valence-electron chi connectivity index (χ3n) is 6.52. The first-order valence-electron chi connectivity index (χ1n) is 10.9. The van der Waals surface area contributed by atoms with Gasteiger partial charge in [0.25, 0.3) is 0 Å². The molecule has 3 N–H and O–H groups in total. The van der Waals surface area contributed by atoms with Crippen molar-refractivity contribution < 1.29 is 14.7 Å². The molecule has 0 saturated carbocycles. The number of carboxylic acids is 1. The number of nitrogens with one attached hydrogen (secondary N) is 2. The summed E-state index contributed by atoms with van der Waals surface area (Å²) in [6, 6.07) is 8.51. The Morgan fingerprint density at radius 2 is 1.83 bits per heavy atom. The molecule has 0 radical (unpaired) electrons. The lowest BCUT2D eigenvalue weighted by Crippen LogP contribution is -2.39. The van der Waals surface area contributed by atoms with Gasteiger partial charge in [-0.25, -0.2) is 0 Å². The van der Waals surface area contributed by atoms with Crippen molar-refractivity contribution >= 4 is 11.8 Å². The topological polar surface area (TPSA) is 88.9 Å². The number of carboxylic acid groups (broad SMARTS) is 1. The van der Waals surface area contributed by atoms with E-state index in [1.165, 1.54) is 18.4 Å². The SMILES string of the molecule is N=C(c1ccc(C2CC(CN3CCC(CC(=O)O)CC3)ON2)cc1)N1CCCC1. The Morgan fingerprint density at radius 1 is 1.14 bits per heavy atom. The van der Waals surface area contributed by atoms with Crippen LogP contribution in [0.25, 0.3) is 0 Å².